The zero-order valence-electron chi connectivity index (χ0n) is 20.6. The number of anilines is 3. The Bertz CT molecular complexity index is 1540. The van der Waals surface area contributed by atoms with Gasteiger partial charge in [-0.05, 0) is 75.7 Å². The first-order valence-corrected chi connectivity index (χ1v) is 12.6. The van der Waals surface area contributed by atoms with E-state index in [2.05, 4.69) is 10.3 Å². The van der Waals surface area contributed by atoms with Gasteiger partial charge >= 0.3 is 6.09 Å². The van der Waals surface area contributed by atoms with Gasteiger partial charge in [0.2, 0.25) is 0 Å². The van der Waals surface area contributed by atoms with Gasteiger partial charge in [0, 0.05) is 36.7 Å². The highest BCUT2D eigenvalue weighted by Crippen LogP contribution is 2.35. The number of rotatable bonds is 5. The van der Waals surface area contributed by atoms with Crippen molar-refractivity contribution >= 4 is 44.1 Å². The second-order valence-electron chi connectivity index (χ2n) is 9.38. The van der Waals surface area contributed by atoms with Crippen LogP contribution in [0.25, 0.3) is 10.9 Å². The molecule has 0 aliphatic rings. The average molecular weight is 511 g/mol. The number of nitrogens with zero attached hydrogens (tertiary/aromatic N) is 3. The zero-order chi connectivity index (χ0) is 26.3. The third-order valence-electron chi connectivity index (χ3n) is 5.37. The van der Waals surface area contributed by atoms with E-state index < -0.39 is 27.5 Å². The fraction of sp³-hybridized carbons (Fsp3) is 0.231. The number of nitrogens with one attached hydrogen (secondary N) is 1. The Labute approximate surface area is 209 Å². The summed E-state index contributed by atoms with van der Waals surface area (Å²) in [6.07, 6.45) is 3.46. The quantitative estimate of drug-likeness (QED) is 0.363. The Hall–Kier alpha value is -3.92. The molecule has 0 aliphatic carbocycles. The zero-order valence-corrected chi connectivity index (χ0v) is 21.4. The molecule has 36 heavy (non-hydrogen) atoms. The molecule has 2 aromatic carbocycles. The number of halogens is 1. The fourth-order valence-corrected chi connectivity index (χ4v) is 4.96. The SMILES string of the molecule is Cc1ccc(Nc2ccc3c(N(C)C(=O)OC(C)(C)C)cn(S(=O)(=O)c4cccnc4)c3c2)c(F)c1. The van der Waals surface area contributed by atoms with Gasteiger partial charge in [-0.2, -0.15) is 0 Å². The van der Waals surface area contributed by atoms with Crippen LogP contribution in [-0.4, -0.2) is 36.1 Å². The Kier molecular flexibility index (Phi) is 6.48. The fourth-order valence-electron chi connectivity index (χ4n) is 3.64. The lowest BCUT2D eigenvalue weighted by Gasteiger charge is -2.24. The summed E-state index contributed by atoms with van der Waals surface area (Å²) < 4.78 is 48.1. The number of benzene rings is 2. The first-order chi connectivity index (χ1) is 16.9. The van der Waals surface area contributed by atoms with Crippen LogP contribution in [0.3, 0.4) is 0 Å². The van der Waals surface area contributed by atoms with Crippen LogP contribution in [0.5, 0.6) is 0 Å². The molecule has 0 saturated heterocycles. The summed E-state index contributed by atoms with van der Waals surface area (Å²) in [5.41, 5.74) is 1.39. The third-order valence-corrected chi connectivity index (χ3v) is 7.03. The maximum atomic E-state index is 14.4. The molecular weight excluding hydrogens is 483 g/mol. The van der Waals surface area contributed by atoms with Crippen molar-refractivity contribution in [3.05, 3.63) is 78.5 Å². The molecular formula is C26H27FN4O4S. The number of hydrogen-bond donors (Lipinski definition) is 1. The standard InChI is InChI=1S/C26H27FN4O4S/c1-17-8-11-22(21(27)13-17)29-18-9-10-20-23(14-18)31(36(33,34)19-7-6-12-28-15-19)16-24(20)30(5)25(32)35-26(2,3)4/h6-16,29H,1-5H3. The molecule has 0 aliphatic heterocycles. The lowest BCUT2D eigenvalue weighted by molar-refractivity contribution is 0.0589. The number of hydrogen-bond acceptors (Lipinski definition) is 6. The topological polar surface area (TPSA) is 93.5 Å². The summed E-state index contributed by atoms with van der Waals surface area (Å²) in [5.74, 6) is -0.432. The van der Waals surface area contributed by atoms with E-state index in [1.165, 1.54) is 48.7 Å². The molecule has 1 amide bonds. The van der Waals surface area contributed by atoms with Gasteiger partial charge in [0.15, 0.2) is 0 Å². The molecule has 4 aromatic rings. The summed E-state index contributed by atoms with van der Waals surface area (Å²) in [4.78, 5) is 18.0. The van der Waals surface area contributed by atoms with E-state index in [-0.39, 0.29) is 10.6 Å². The lowest BCUT2D eigenvalue weighted by atomic mass is 10.2. The smallest absolute Gasteiger partial charge is 0.414 e. The van der Waals surface area contributed by atoms with E-state index in [9.17, 15) is 17.6 Å². The van der Waals surface area contributed by atoms with Crippen LogP contribution >= 0.6 is 0 Å². The van der Waals surface area contributed by atoms with Crippen molar-refractivity contribution in [2.45, 2.75) is 38.2 Å². The van der Waals surface area contributed by atoms with Gasteiger partial charge in [0.25, 0.3) is 10.0 Å². The van der Waals surface area contributed by atoms with Crippen LogP contribution in [-0.2, 0) is 14.8 Å². The number of pyridine rings is 1. The van der Waals surface area contributed by atoms with E-state index in [0.29, 0.717) is 22.3 Å². The van der Waals surface area contributed by atoms with Crippen LogP contribution in [0, 0.1) is 12.7 Å². The first-order valence-electron chi connectivity index (χ1n) is 11.2. The minimum absolute atomic E-state index is 0.0173. The van der Waals surface area contributed by atoms with Crippen molar-refractivity contribution in [2.24, 2.45) is 0 Å². The van der Waals surface area contributed by atoms with E-state index >= 15 is 0 Å². The van der Waals surface area contributed by atoms with Crippen LogP contribution in [0.1, 0.15) is 26.3 Å². The largest absolute Gasteiger partial charge is 0.443 e. The molecule has 0 bridgehead atoms. The molecule has 10 heteroatoms. The number of amides is 1. The van der Waals surface area contributed by atoms with Gasteiger partial charge in [0.05, 0.1) is 16.9 Å². The molecule has 4 rings (SSSR count). The number of carbonyl (C=O) groups is 1. The van der Waals surface area contributed by atoms with Crippen molar-refractivity contribution in [3.63, 3.8) is 0 Å². The number of aromatic nitrogens is 2. The van der Waals surface area contributed by atoms with E-state index in [1.807, 2.05) is 0 Å². The molecule has 1 N–H and O–H groups in total. The van der Waals surface area contributed by atoms with Crippen LogP contribution in [0.15, 0.2) is 72.0 Å². The molecule has 0 atom stereocenters. The van der Waals surface area contributed by atoms with Crippen molar-refractivity contribution < 1.29 is 22.3 Å². The molecule has 0 spiro atoms. The van der Waals surface area contributed by atoms with Crippen molar-refractivity contribution in [3.8, 4) is 0 Å². The summed E-state index contributed by atoms with van der Waals surface area (Å²) in [5, 5.41) is 3.49. The molecule has 188 valence electrons. The van der Waals surface area contributed by atoms with Crippen LogP contribution in [0.2, 0.25) is 0 Å². The molecule has 2 aromatic heterocycles. The average Bonchev–Trinajstić information content (AvgIpc) is 3.19. The van der Waals surface area contributed by atoms with Crippen molar-refractivity contribution in [1.29, 1.82) is 0 Å². The summed E-state index contributed by atoms with van der Waals surface area (Å²) in [6, 6.07) is 12.7. The highest BCUT2D eigenvalue weighted by molar-refractivity contribution is 7.90. The number of ether oxygens (including phenoxy) is 1. The minimum Gasteiger partial charge on any atom is -0.443 e. The first kappa shape index (κ1) is 25.2. The summed E-state index contributed by atoms with van der Waals surface area (Å²) >= 11 is 0. The van der Waals surface area contributed by atoms with E-state index in [1.54, 1.807) is 58.0 Å². The molecule has 0 unspecified atom stereocenters. The molecule has 0 fully saturated rings. The monoisotopic (exact) mass is 510 g/mol. The Balaban J connectivity index is 1.86. The molecule has 8 nitrogen and oxygen atoms in total. The number of carbonyl (C=O) groups excluding carboxylic acids is 1. The Morgan fingerprint density at radius 2 is 1.89 bits per heavy atom. The maximum Gasteiger partial charge on any atom is 0.414 e. The van der Waals surface area contributed by atoms with Gasteiger partial charge < -0.3 is 10.1 Å². The van der Waals surface area contributed by atoms with Gasteiger partial charge in [-0.15, -0.1) is 0 Å². The van der Waals surface area contributed by atoms with Gasteiger partial charge in [-0.25, -0.2) is 21.6 Å². The van der Waals surface area contributed by atoms with E-state index in [0.717, 1.165) is 9.54 Å². The lowest BCUT2D eigenvalue weighted by Crippen LogP contribution is -2.34. The third kappa shape index (κ3) is 5.03. The maximum absolute atomic E-state index is 14.4. The second kappa shape index (κ2) is 9.27. The molecule has 0 saturated carbocycles. The van der Waals surface area contributed by atoms with Gasteiger partial charge in [-0.3, -0.25) is 9.88 Å². The van der Waals surface area contributed by atoms with Crippen molar-refractivity contribution in [2.75, 3.05) is 17.3 Å². The highest BCUT2D eigenvalue weighted by Gasteiger charge is 2.27. The predicted octanol–water partition coefficient (Wildman–Crippen LogP) is 5.84. The van der Waals surface area contributed by atoms with E-state index in [4.69, 9.17) is 4.74 Å². The minimum atomic E-state index is -4.07. The van der Waals surface area contributed by atoms with Gasteiger partial charge in [-0.1, -0.05) is 6.07 Å². The Morgan fingerprint density at radius 3 is 2.53 bits per heavy atom. The van der Waals surface area contributed by atoms with Crippen LogP contribution in [0.4, 0.5) is 26.2 Å². The highest BCUT2D eigenvalue weighted by atomic mass is 32.2. The Morgan fingerprint density at radius 1 is 1.14 bits per heavy atom. The summed E-state index contributed by atoms with van der Waals surface area (Å²) in [6.45, 7) is 7.03. The molecule has 0 radical (unpaired) electrons. The second-order valence-corrected chi connectivity index (χ2v) is 11.2. The normalized spacial score (nSPS) is 11.9. The summed E-state index contributed by atoms with van der Waals surface area (Å²) in [7, 11) is -2.56. The van der Waals surface area contributed by atoms with Crippen molar-refractivity contribution in [1.82, 2.24) is 8.96 Å². The van der Waals surface area contributed by atoms with Gasteiger partial charge in [0.1, 0.15) is 16.3 Å². The number of fused-ring (bicyclic) bond motifs is 1. The predicted molar refractivity (Wildman–Crippen MR) is 138 cm³/mol. The van der Waals surface area contributed by atoms with Crippen LogP contribution < -0.4 is 10.2 Å². The molecule has 2 heterocycles. The number of aryl methyl sites for hydroxylation is 1.